The maximum absolute atomic E-state index is 12.0. The van der Waals surface area contributed by atoms with E-state index in [2.05, 4.69) is 0 Å². The summed E-state index contributed by atoms with van der Waals surface area (Å²) in [7, 11) is 0. The molecule has 0 aromatic heterocycles. The molecule has 2 rings (SSSR count). The second-order valence-corrected chi connectivity index (χ2v) is 5.52. The van der Waals surface area contributed by atoms with Gasteiger partial charge in [0.2, 0.25) is 0 Å². The first-order valence-corrected chi connectivity index (χ1v) is 6.62. The molecule has 1 aromatic rings. The maximum atomic E-state index is 12.0. The lowest BCUT2D eigenvalue weighted by Crippen LogP contribution is -2.45. The van der Waals surface area contributed by atoms with Gasteiger partial charge in [0, 0.05) is 6.42 Å². The lowest BCUT2D eigenvalue weighted by Gasteiger charge is -2.38. The molecule has 104 valence electrons. The van der Waals surface area contributed by atoms with Gasteiger partial charge in [-0.15, -0.1) is 0 Å². The van der Waals surface area contributed by atoms with Crippen molar-refractivity contribution < 1.29 is 19.7 Å². The van der Waals surface area contributed by atoms with E-state index >= 15 is 0 Å². The van der Waals surface area contributed by atoms with Crippen LogP contribution in [-0.2, 0) is 4.74 Å². The molecule has 0 heterocycles. The van der Waals surface area contributed by atoms with E-state index in [4.69, 9.17) is 4.74 Å². The van der Waals surface area contributed by atoms with Crippen molar-refractivity contribution in [2.24, 2.45) is 5.92 Å². The Labute approximate surface area is 113 Å². The number of rotatable bonds is 3. The van der Waals surface area contributed by atoms with Crippen molar-refractivity contribution in [3.8, 4) is 0 Å². The summed E-state index contributed by atoms with van der Waals surface area (Å²) in [5.74, 6) is -0.153. The molecule has 1 aliphatic rings. The van der Waals surface area contributed by atoms with E-state index in [9.17, 15) is 15.0 Å². The highest BCUT2D eigenvalue weighted by Crippen LogP contribution is 2.34. The highest BCUT2D eigenvalue weighted by atomic mass is 16.5. The first-order valence-electron chi connectivity index (χ1n) is 6.62. The van der Waals surface area contributed by atoms with Crippen LogP contribution in [0.5, 0.6) is 0 Å². The molecular weight excluding hydrogens is 244 g/mol. The first kappa shape index (κ1) is 14.0. The zero-order valence-corrected chi connectivity index (χ0v) is 11.1. The molecule has 2 N–H and O–H groups in total. The van der Waals surface area contributed by atoms with Gasteiger partial charge in [-0.25, -0.2) is 4.79 Å². The van der Waals surface area contributed by atoms with E-state index in [1.165, 1.54) is 0 Å². The van der Waals surface area contributed by atoms with Crippen molar-refractivity contribution in [2.45, 2.75) is 37.9 Å². The molecule has 0 unspecified atom stereocenters. The summed E-state index contributed by atoms with van der Waals surface area (Å²) in [6.07, 6.45) is 1.23. The van der Waals surface area contributed by atoms with Gasteiger partial charge in [0.1, 0.15) is 6.10 Å². The lowest BCUT2D eigenvalue weighted by molar-refractivity contribution is -0.0960. The molecule has 19 heavy (non-hydrogen) atoms. The SMILES string of the molecule is C[C@H]1C[C@H](OC(=O)c2ccccc2)C[C@](O)(CO)C1. The van der Waals surface area contributed by atoms with E-state index in [1.54, 1.807) is 24.3 Å². The Morgan fingerprint density at radius 3 is 2.68 bits per heavy atom. The summed E-state index contributed by atoms with van der Waals surface area (Å²) in [4.78, 5) is 12.0. The van der Waals surface area contributed by atoms with Crippen molar-refractivity contribution >= 4 is 5.97 Å². The summed E-state index contributed by atoms with van der Waals surface area (Å²) in [5, 5.41) is 19.4. The predicted octanol–water partition coefficient (Wildman–Crippen LogP) is 1.76. The van der Waals surface area contributed by atoms with Gasteiger partial charge in [-0.1, -0.05) is 25.1 Å². The van der Waals surface area contributed by atoms with Crippen LogP contribution in [0.3, 0.4) is 0 Å². The van der Waals surface area contributed by atoms with E-state index in [-0.39, 0.29) is 24.6 Å². The van der Waals surface area contributed by atoms with Gasteiger partial charge in [-0.05, 0) is 30.9 Å². The van der Waals surface area contributed by atoms with Crippen LogP contribution in [0.2, 0.25) is 0 Å². The lowest BCUT2D eigenvalue weighted by atomic mass is 9.78. The molecule has 0 radical (unpaired) electrons. The number of ether oxygens (including phenoxy) is 1. The van der Waals surface area contributed by atoms with Crippen molar-refractivity contribution in [3.63, 3.8) is 0 Å². The highest BCUT2D eigenvalue weighted by molar-refractivity contribution is 5.89. The third-order valence-corrected chi connectivity index (χ3v) is 3.58. The Morgan fingerprint density at radius 2 is 2.05 bits per heavy atom. The quantitative estimate of drug-likeness (QED) is 0.816. The second-order valence-electron chi connectivity index (χ2n) is 5.52. The average molecular weight is 264 g/mol. The smallest absolute Gasteiger partial charge is 0.338 e. The van der Waals surface area contributed by atoms with Gasteiger partial charge in [0.15, 0.2) is 0 Å². The van der Waals surface area contributed by atoms with Crippen LogP contribution >= 0.6 is 0 Å². The molecule has 0 spiro atoms. The summed E-state index contributed by atoms with van der Waals surface area (Å²) >= 11 is 0. The first-order chi connectivity index (χ1) is 9.02. The number of hydrogen-bond donors (Lipinski definition) is 2. The van der Waals surface area contributed by atoms with Crippen LogP contribution in [0.15, 0.2) is 30.3 Å². The van der Waals surface area contributed by atoms with E-state index < -0.39 is 5.60 Å². The van der Waals surface area contributed by atoms with Gasteiger partial charge in [-0.3, -0.25) is 0 Å². The molecule has 4 nitrogen and oxygen atoms in total. The Morgan fingerprint density at radius 1 is 1.37 bits per heavy atom. The van der Waals surface area contributed by atoms with E-state index in [1.807, 2.05) is 13.0 Å². The van der Waals surface area contributed by atoms with Gasteiger partial charge in [-0.2, -0.15) is 0 Å². The standard InChI is InChI=1S/C15H20O4/c1-11-7-13(9-15(18,8-11)10-16)19-14(17)12-5-3-2-4-6-12/h2-6,11,13,16,18H,7-10H2,1H3/t11-,13-,15-/m0/s1. The minimum atomic E-state index is -1.13. The molecule has 1 fully saturated rings. The van der Waals surface area contributed by atoms with Crippen molar-refractivity contribution in [1.82, 2.24) is 0 Å². The fourth-order valence-electron chi connectivity index (χ4n) is 2.78. The number of carbonyl (C=O) groups is 1. The Kier molecular flexibility index (Phi) is 4.22. The summed E-state index contributed by atoms with van der Waals surface area (Å²) in [5.41, 5.74) is -0.618. The number of esters is 1. The third kappa shape index (κ3) is 3.55. The minimum Gasteiger partial charge on any atom is -0.459 e. The Bertz CT molecular complexity index is 431. The van der Waals surface area contributed by atoms with Crippen LogP contribution in [0.25, 0.3) is 0 Å². The van der Waals surface area contributed by atoms with Gasteiger partial charge < -0.3 is 14.9 Å². The molecule has 1 aromatic carbocycles. The Hall–Kier alpha value is -1.39. The number of aliphatic hydroxyl groups excluding tert-OH is 1. The minimum absolute atomic E-state index is 0.222. The molecule has 0 aliphatic heterocycles. The van der Waals surface area contributed by atoms with E-state index in [0.717, 1.165) is 6.42 Å². The summed E-state index contributed by atoms with van der Waals surface area (Å²) in [6.45, 7) is 1.69. The molecule has 0 bridgehead atoms. The fourth-order valence-corrected chi connectivity index (χ4v) is 2.78. The number of carbonyl (C=O) groups excluding carboxylic acids is 1. The van der Waals surface area contributed by atoms with Crippen LogP contribution in [0, 0.1) is 5.92 Å². The average Bonchev–Trinajstić information content (AvgIpc) is 2.38. The third-order valence-electron chi connectivity index (χ3n) is 3.58. The molecule has 4 heteroatoms. The van der Waals surface area contributed by atoms with E-state index in [0.29, 0.717) is 18.4 Å². The number of aliphatic hydroxyl groups is 2. The van der Waals surface area contributed by atoms with Crippen LogP contribution in [0.4, 0.5) is 0 Å². The van der Waals surface area contributed by atoms with Crippen molar-refractivity contribution in [1.29, 1.82) is 0 Å². The number of hydrogen-bond acceptors (Lipinski definition) is 4. The van der Waals surface area contributed by atoms with Gasteiger partial charge in [0.25, 0.3) is 0 Å². The summed E-state index contributed by atoms with van der Waals surface area (Å²) in [6, 6.07) is 8.80. The van der Waals surface area contributed by atoms with Crippen molar-refractivity contribution in [3.05, 3.63) is 35.9 Å². The molecular formula is C15H20O4. The van der Waals surface area contributed by atoms with Crippen LogP contribution in [-0.4, -0.2) is 34.5 Å². The number of benzene rings is 1. The zero-order chi connectivity index (χ0) is 13.9. The molecule has 0 amide bonds. The fraction of sp³-hybridized carbons (Fsp3) is 0.533. The second kappa shape index (κ2) is 5.72. The van der Waals surface area contributed by atoms with Gasteiger partial charge in [0.05, 0.1) is 17.8 Å². The monoisotopic (exact) mass is 264 g/mol. The van der Waals surface area contributed by atoms with Crippen LogP contribution < -0.4 is 0 Å². The topological polar surface area (TPSA) is 66.8 Å². The molecule has 1 saturated carbocycles. The largest absolute Gasteiger partial charge is 0.459 e. The maximum Gasteiger partial charge on any atom is 0.338 e. The molecule has 1 aliphatic carbocycles. The van der Waals surface area contributed by atoms with Crippen LogP contribution in [0.1, 0.15) is 36.5 Å². The van der Waals surface area contributed by atoms with Crippen molar-refractivity contribution in [2.75, 3.05) is 6.61 Å². The van der Waals surface area contributed by atoms with Gasteiger partial charge >= 0.3 is 5.97 Å². The highest BCUT2D eigenvalue weighted by Gasteiger charge is 2.38. The zero-order valence-electron chi connectivity index (χ0n) is 11.1. The summed E-state index contributed by atoms with van der Waals surface area (Å²) < 4.78 is 5.44. The normalized spacial score (nSPS) is 30.9. The molecule has 0 saturated heterocycles. The Balaban J connectivity index is 2.01. The predicted molar refractivity (Wildman–Crippen MR) is 70.7 cm³/mol. The molecule has 3 atom stereocenters.